The molecule has 0 heterocycles. The molecule has 2 aliphatic carbocycles. The Labute approximate surface area is 134 Å². The van der Waals surface area contributed by atoms with Gasteiger partial charge >= 0.3 is 0 Å². The van der Waals surface area contributed by atoms with Crippen LogP contribution in [0.2, 0.25) is 0 Å². The van der Waals surface area contributed by atoms with Crippen LogP contribution in [0.5, 0.6) is 0 Å². The lowest BCUT2D eigenvalue weighted by atomic mass is 9.68. The average molecular weight is 341 g/mol. The van der Waals surface area contributed by atoms with Crippen molar-refractivity contribution in [2.75, 3.05) is 0 Å². The maximum Gasteiger partial charge on any atom is -0.00902 e. The standard InChI is InChI=1S/C19H33Br/c1-3-4-5-6-16-7-9-18(10-8-16)19-13-11-17(12-14-19)15(2)20/h16-19H,2-14H2,1H3. The number of hydrogen-bond acceptors (Lipinski definition) is 0. The van der Waals surface area contributed by atoms with Gasteiger partial charge in [-0.3, -0.25) is 0 Å². The summed E-state index contributed by atoms with van der Waals surface area (Å²) in [6.07, 6.45) is 17.6. The molecule has 0 unspecified atom stereocenters. The van der Waals surface area contributed by atoms with Gasteiger partial charge in [0.15, 0.2) is 0 Å². The van der Waals surface area contributed by atoms with Crippen molar-refractivity contribution in [3.63, 3.8) is 0 Å². The van der Waals surface area contributed by atoms with Crippen molar-refractivity contribution in [2.24, 2.45) is 23.7 Å². The molecule has 0 nitrogen and oxygen atoms in total. The van der Waals surface area contributed by atoms with Crippen molar-refractivity contribution in [2.45, 2.75) is 84.0 Å². The van der Waals surface area contributed by atoms with E-state index in [0.717, 1.165) is 23.7 Å². The highest BCUT2D eigenvalue weighted by Gasteiger charge is 2.30. The summed E-state index contributed by atoms with van der Waals surface area (Å²) in [5.74, 6) is 3.92. The first-order chi connectivity index (χ1) is 9.70. The topological polar surface area (TPSA) is 0 Å². The maximum absolute atomic E-state index is 4.08. The second-order valence-electron chi connectivity index (χ2n) is 7.34. The largest absolute Gasteiger partial charge is 0.0886 e. The zero-order valence-electron chi connectivity index (χ0n) is 13.4. The number of allylic oxidation sites excluding steroid dienone is 1. The van der Waals surface area contributed by atoms with E-state index in [4.69, 9.17) is 0 Å². The quantitative estimate of drug-likeness (QED) is 0.452. The van der Waals surface area contributed by atoms with Crippen molar-refractivity contribution in [1.29, 1.82) is 0 Å². The van der Waals surface area contributed by atoms with E-state index in [-0.39, 0.29) is 0 Å². The van der Waals surface area contributed by atoms with Crippen LogP contribution in [0.25, 0.3) is 0 Å². The molecule has 0 aromatic heterocycles. The summed E-state index contributed by atoms with van der Waals surface area (Å²) in [5.41, 5.74) is 0. The highest BCUT2D eigenvalue weighted by atomic mass is 79.9. The summed E-state index contributed by atoms with van der Waals surface area (Å²) < 4.78 is 1.25. The van der Waals surface area contributed by atoms with Crippen LogP contribution < -0.4 is 0 Å². The Balaban J connectivity index is 1.65. The van der Waals surface area contributed by atoms with Gasteiger partial charge < -0.3 is 0 Å². The Kier molecular flexibility index (Phi) is 7.14. The van der Waals surface area contributed by atoms with Crippen molar-refractivity contribution in [3.8, 4) is 0 Å². The van der Waals surface area contributed by atoms with Crippen LogP contribution in [0.3, 0.4) is 0 Å². The van der Waals surface area contributed by atoms with Gasteiger partial charge in [-0.2, -0.15) is 0 Å². The summed E-state index contributed by atoms with van der Waals surface area (Å²) in [4.78, 5) is 0. The van der Waals surface area contributed by atoms with Crippen molar-refractivity contribution in [3.05, 3.63) is 11.1 Å². The molecule has 2 aliphatic rings. The fraction of sp³-hybridized carbons (Fsp3) is 0.895. The molecule has 116 valence electrons. The van der Waals surface area contributed by atoms with E-state index in [1.807, 2.05) is 0 Å². The predicted molar refractivity (Wildman–Crippen MR) is 93.1 cm³/mol. The monoisotopic (exact) mass is 340 g/mol. The normalized spacial score (nSPS) is 34.9. The van der Waals surface area contributed by atoms with Gasteiger partial charge in [0.05, 0.1) is 0 Å². The molecule has 0 atom stereocenters. The predicted octanol–water partition coefficient (Wildman–Crippen LogP) is 7.09. The summed E-state index contributed by atoms with van der Waals surface area (Å²) in [7, 11) is 0. The third-order valence-corrected chi connectivity index (χ3v) is 6.64. The smallest absolute Gasteiger partial charge is 0.00902 e. The van der Waals surface area contributed by atoms with Crippen LogP contribution in [0, 0.1) is 23.7 Å². The van der Waals surface area contributed by atoms with Crippen LogP contribution in [0.15, 0.2) is 11.1 Å². The molecule has 2 fully saturated rings. The minimum Gasteiger partial charge on any atom is -0.0886 e. The Hall–Kier alpha value is 0.220. The highest BCUT2D eigenvalue weighted by molar-refractivity contribution is 9.11. The van der Waals surface area contributed by atoms with Gasteiger partial charge in [-0.15, -0.1) is 0 Å². The molecule has 0 N–H and O–H groups in total. The number of rotatable bonds is 6. The summed E-state index contributed by atoms with van der Waals surface area (Å²) in [6, 6.07) is 0. The summed E-state index contributed by atoms with van der Waals surface area (Å²) in [5, 5.41) is 0. The summed E-state index contributed by atoms with van der Waals surface area (Å²) >= 11 is 3.60. The van der Waals surface area contributed by atoms with Gasteiger partial charge in [0.2, 0.25) is 0 Å². The first-order valence-electron chi connectivity index (χ1n) is 9.05. The van der Waals surface area contributed by atoms with Gasteiger partial charge in [0.1, 0.15) is 0 Å². The molecule has 0 aliphatic heterocycles. The van der Waals surface area contributed by atoms with E-state index < -0.39 is 0 Å². The minimum absolute atomic E-state index is 0.761. The molecule has 0 saturated heterocycles. The van der Waals surface area contributed by atoms with E-state index in [1.165, 1.54) is 81.5 Å². The molecular weight excluding hydrogens is 308 g/mol. The molecule has 0 aromatic carbocycles. The van der Waals surface area contributed by atoms with Crippen molar-refractivity contribution in [1.82, 2.24) is 0 Å². The number of unbranched alkanes of at least 4 members (excludes halogenated alkanes) is 2. The van der Waals surface area contributed by atoms with Gasteiger partial charge in [0, 0.05) is 0 Å². The maximum atomic E-state index is 4.08. The van der Waals surface area contributed by atoms with Gasteiger partial charge in [-0.1, -0.05) is 68.0 Å². The molecular formula is C19H33Br. The first kappa shape index (κ1) is 16.6. The molecule has 20 heavy (non-hydrogen) atoms. The number of hydrogen-bond donors (Lipinski definition) is 0. The molecule has 2 rings (SSSR count). The van der Waals surface area contributed by atoms with Crippen molar-refractivity contribution < 1.29 is 0 Å². The Morgan fingerprint density at radius 3 is 1.95 bits per heavy atom. The van der Waals surface area contributed by atoms with Crippen LogP contribution in [0.1, 0.15) is 84.0 Å². The lowest BCUT2D eigenvalue weighted by Crippen LogP contribution is -2.25. The van der Waals surface area contributed by atoms with Gasteiger partial charge in [0.25, 0.3) is 0 Å². The highest BCUT2D eigenvalue weighted by Crippen LogP contribution is 2.43. The van der Waals surface area contributed by atoms with E-state index in [1.54, 1.807) is 0 Å². The zero-order valence-corrected chi connectivity index (χ0v) is 15.0. The van der Waals surface area contributed by atoms with Gasteiger partial charge in [-0.05, 0) is 66.7 Å². The second kappa shape index (κ2) is 8.61. The van der Waals surface area contributed by atoms with Crippen molar-refractivity contribution >= 4 is 15.9 Å². The SMILES string of the molecule is C=C(Br)C1CCC(C2CCC(CCCCC)CC2)CC1. The average Bonchev–Trinajstić information content (AvgIpc) is 2.48. The lowest BCUT2D eigenvalue weighted by molar-refractivity contribution is 0.151. The lowest BCUT2D eigenvalue weighted by Gasteiger charge is -2.38. The fourth-order valence-electron chi connectivity index (χ4n) is 4.54. The molecule has 0 spiro atoms. The molecule has 0 radical (unpaired) electrons. The van der Waals surface area contributed by atoms with Crippen LogP contribution in [-0.2, 0) is 0 Å². The molecule has 0 aromatic rings. The molecule has 1 heteroatoms. The second-order valence-corrected chi connectivity index (χ2v) is 8.35. The van der Waals surface area contributed by atoms with Crippen LogP contribution >= 0.6 is 15.9 Å². The van der Waals surface area contributed by atoms with E-state index >= 15 is 0 Å². The zero-order chi connectivity index (χ0) is 14.4. The van der Waals surface area contributed by atoms with Gasteiger partial charge in [-0.25, -0.2) is 0 Å². The third kappa shape index (κ3) is 4.90. The van der Waals surface area contributed by atoms with E-state index in [2.05, 4.69) is 29.4 Å². The Morgan fingerprint density at radius 2 is 1.45 bits per heavy atom. The minimum atomic E-state index is 0.761. The Morgan fingerprint density at radius 1 is 0.900 bits per heavy atom. The molecule has 0 amide bonds. The first-order valence-corrected chi connectivity index (χ1v) is 9.84. The van der Waals surface area contributed by atoms with E-state index in [9.17, 15) is 0 Å². The van der Waals surface area contributed by atoms with Crippen LogP contribution in [0.4, 0.5) is 0 Å². The third-order valence-electron chi connectivity index (χ3n) is 5.99. The van der Waals surface area contributed by atoms with E-state index in [0.29, 0.717) is 0 Å². The Bertz CT molecular complexity index is 280. The number of halogens is 1. The molecule has 2 saturated carbocycles. The van der Waals surface area contributed by atoms with Crippen LogP contribution in [-0.4, -0.2) is 0 Å². The summed E-state index contributed by atoms with van der Waals surface area (Å²) in [6.45, 7) is 6.39. The fourth-order valence-corrected chi connectivity index (χ4v) is 4.99. The molecule has 0 bridgehead atoms.